The standard InChI is InChI=1S/C17H23ClN4OS/c1-11(2)9-12(3)21(4)15(23)10-22-16(19-20-17(22)24)13-5-7-14(18)8-6-13/h5-8,11-12H,9-10H2,1-4H3,(H,20,24). The van der Waals surface area contributed by atoms with Gasteiger partial charge in [-0.25, -0.2) is 0 Å². The van der Waals surface area contributed by atoms with Crippen LogP contribution in [0.4, 0.5) is 0 Å². The lowest BCUT2D eigenvalue weighted by atomic mass is 10.0. The molecule has 24 heavy (non-hydrogen) atoms. The molecule has 0 saturated carbocycles. The third-order valence-corrected chi connectivity index (χ3v) is 4.58. The molecule has 1 aromatic carbocycles. The molecule has 2 rings (SSSR count). The normalized spacial score (nSPS) is 12.4. The minimum absolute atomic E-state index is 0.0101. The highest BCUT2D eigenvalue weighted by molar-refractivity contribution is 7.71. The number of nitrogens with zero attached hydrogens (tertiary/aromatic N) is 3. The molecule has 0 aliphatic carbocycles. The van der Waals surface area contributed by atoms with Gasteiger partial charge in [0, 0.05) is 23.7 Å². The molecule has 0 bridgehead atoms. The Morgan fingerprint density at radius 2 is 1.96 bits per heavy atom. The topological polar surface area (TPSA) is 53.9 Å². The van der Waals surface area contributed by atoms with E-state index >= 15 is 0 Å². The number of benzene rings is 1. The Morgan fingerprint density at radius 3 is 2.54 bits per heavy atom. The molecular weight excluding hydrogens is 344 g/mol. The van der Waals surface area contributed by atoms with Gasteiger partial charge in [-0.05, 0) is 55.7 Å². The Kier molecular flexibility index (Phi) is 6.18. The molecule has 0 aliphatic heterocycles. The summed E-state index contributed by atoms with van der Waals surface area (Å²) in [6, 6.07) is 7.48. The number of H-pyrrole nitrogens is 1. The number of aromatic nitrogens is 3. The zero-order valence-corrected chi connectivity index (χ0v) is 16.0. The molecule has 0 saturated heterocycles. The van der Waals surface area contributed by atoms with E-state index in [4.69, 9.17) is 23.8 Å². The van der Waals surface area contributed by atoms with Crippen LogP contribution in [0.2, 0.25) is 5.02 Å². The highest BCUT2D eigenvalue weighted by Gasteiger charge is 2.19. The number of nitrogens with one attached hydrogen (secondary N) is 1. The number of amides is 1. The summed E-state index contributed by atoms with van der Waals surface area (Å²) in [6.45, 7) is 6.53. The average molecular weight is 367 g/mol. The fourth-order valence-electron chi connectivity index (χ4n) is 2.62. The van der Waals surface area contributed by atoms with E-state index in [-0.39, 0.29) is 18.5 Å². The number of aromatic amines is 1. The van der Waals surface area contributed by atoms with Crippen molar-refractivity contribution in [3.05, 3.63) is 34.1 Å². The summed E-state index contributed by atoms with van der Waals surface area (Å²) in [7, 11) is 1.83. The lowest BCUT2D eigenvalue weighted by Gasteiger charge is -2.26. The molecule has 0 aliphatic rings. The first-order chi connectivity index (χ1) is 11.3. The summed E-state index contributed by atoms with van der Waals surface area (Å²) < 4.78 is 2.15. The van der Waals surface area contributed by atoms with Crippen LogP contribution in [0.15, 0.2) is 24.3 Å². The van der Waals surface area contributed by atoms with E-state index in [0.29, 0.717) is 21.5 Å². The molecular formula is C17H23ClN4OS. The van der Waals surface area contributed by atoms with Crippen LogP contribution in [0.5, 0.6) is 0 Å². The number of hydrogen-bond donors (Lipinski definition) is 1. The lowest BCUT2D eigenvalue weighted by Crippen LogP contribution is -2.38. The second-order valence-electron chi connectivity index (χ2n) is 6.43. The van der Waals surface area contributed by atoms with E-state index < -0.39 is 0 Å². The van der Waals surface area contributed by atoms with E-state index in [9.17, 15) is 4.79 Å². The van der Waals surface area contributed by atoms with Crippen LogP contribution in [0.25, 0.3) is 11.4 Å². The maximum Gasteiger partial charge on any atom is 0.242 e. The van der Waals surface area contributed by atoms with E-state index in [1.165, 1.54) is 0 Å². The van der Waals surface area contributed by atoms with Crippen LogP contribution < -0.4 is 0 Å². The molecule has 2 aromatic rings. The van der Waals surface area contributed by atoms with E-state index in [2.05, 4.69) is 31.0 Å². The number of carbonyl (C=O) groups excluding carboxylic acids is 1. The molecule has 1 amide bonds. The van der Waals surface area contributed by atoms with Crippen LogP contribution in [0.1, 0.15) is 27.2 Å². The van der Waals surface area contributed by atoms with E-state index in [1.807, 2.05) is 19.2 Å². The van der Waals surface area contributed by atoms with Crippen LogP contribution in [0, 0.1) is 10.7 Å². The molecule has 0 fully saturated rings. The largest absolute Gasteiger partial charge is 0.341 e. The summed E-state index contributed by atoms with van der Waals surface area (Å²) >= 11 is 11.2. The molecule has 130 valence electrons. The van der Waals surface area contributed by atoms with Gasteiger partial charge in [-0.15, -0.1) is 0 Å². The molecule has 1 unspecified atom stereocenters. The summed E-state index contributed by atoms with van der Waals surface area (Å²) in [5.74, 6) is 1.18. The number of hydrogen-bond acceptors (Lipinski definition) is 3. The molecule has 5 nitrogen and oxygen atoms in total. The van der Waals surface area contributed by atoms with Gasteiger partial charge in [0.25, 0.3) is 0 Å². The van der Waals surface area contributed by atoms with Gasteiger partial charge in [-0.3, -0.25) is 14.5 Å². The van der Waals surface area contributed by atoms with Gasteiger partial charge in [0.05, 0.1) is 0 Å². The fraction of sp³-hybridized carbons (Fsp3) is 0.471. The van der Waals surface area contributed by atoms with Gasteiger partial charge in [0.1, 0.15) is 6.54 Å². The van der Waals surface area contributed by atoms with Gasteiger partial charge in [0.15, 0.2) is 10.6 Å². The molecule has 7 heteroatoms. The summed E-state index contributed by atoms with van der Waals surface area (Å²) in [4.78, 5) is 14.4. The maximum atomic E-state index is 12.6. The third-order valence-electron chi connectivity index (χ3n) is 4.02. The van der Waals surface area contributed by atoms with Crippen LogP contribution in [-0.2, 0) is 11.3 Å². The SMILES string of the molecule is CC(C)CC(C)N(C)C(=O)Cn1c(-c2ccc(Cl)cc2)n[nH]c1=S. The van der Waals surface area contributed by atoms with Gasteiger partial charge < -0.3 is 4.90 Å². The monoisotopic (exact) mass is 366 g/mol. The van der Waals surface area contributed by atoms with Gasteiger partial charge in [-0.2, -0.15) is 5.10 Å². The highest BCUT2D eigenvalue weighted by Crippen LogP contribution is 2.20. The summed E-state index contributed by atoms with van der Waals surface area (Å²) in [6.07, 6.45) is 0.961. The zero-order valence-electron chi connectivity index (χ0n) is 14.4. The number of carbonyl (C=O) groups is 1. The lowest BCUT2D eigenvalue weighted by molar-refractivity contribution is -0.132. The third kappa shape index (κ3) is 4.45. The van der Waals surface area contributed by atoms with Gasteiger partial charge >= 0.3 is 0 Å². The van der Waals surface area contributed by atoms with Crippen molar-refractivity contribution < 1.29 is 4.79 Å². The Balaban J connectivity index is 2.21. The smallest absolute Gasteiger partial charge is 0.242 e. The Morgan fingerprint density at radius 1 is 1.33 bits per heavy atom. The summed E-state index contributed by atoms with van der Waals surface area (Å²) in [5.41, 5.74) is 0.859. The fourth-order valence-corrected chi connectivity index (χ4v) is 2.94. The molecule has 0 spiro atoms. The first kappa shape index (κ1) is 18.7. The van der Waals surface area contributed by atoms with Crippen LogP contribution in [-0.4, -0.2) is 38.7 Å². The van der Waals surface area contributed by atoms with Crippen molar-refractivity contribution in [3.63, 3.8) is 0 Å². The second kappa shape index (κ2) is 7.94. The average Bonchev–Trinajstić information content (AvgIpc) is 2.87. The first-order valence-electron chi connectivity index (χ1n) is 7.96. The Labute approximate surface area is 152 Å². The predicted molar refractivity (Wildman–Crippen MR) is 99.5 cm³/mol. The molecule has 1 aromatic heterocycles. The van der Waals surface area contributed by atoms with Crippen molar-refractivity contribution >= 4 is 29.7 Å². The van der Waals surface area contributed by atoms with Crippen LogP contribution in [0.3, 0.4) is 0 Å². The quantitative estimate of drug-likeness (QED) is 0.781. The Hall–Kier alpha value is -1.66. The van der Waals surface area contributed by atoms with Crippen molar-refractivity contribution in [2.75, 3.05) is 7.05 Å². The van der Waals surface area contributed by atoms with E-state index in [1.54, 1.807) is 21.6 Å². The van der Waals surface area contributed by atoms with Crippen molar-refractivity contribution in [3.8, 4) is 11.4 Å². The van der Waals surface area contributed by atoms with Crippen molar-refractivity contribution in [2.45, 2.75) is 39.8 Å². The van der Waals surface area contributed by atoms with Gasteiger partial charge in [-0.1, -0.05) is 25.4 Å². The minimum Gasteiger partial charge on any atom is -0.341 e. The van der Waals surface area contributed by atoms with Gasteiger partial charge in [0.2, 0.25) is 5.91 Å². The number of halogens is 1. The molecule has 1 N–H and O–H groups in total. The van der Waals surface area contributed by atoms with E-state index in [0.717, 1.165) is 12.0 Å². The predicted octanol–water partition coefficient (Wildman–Crippen LogP) is 4.15. The van der Waals surface area contributed by atoms with Crippen LogP contribution >= 0.6 is 23.8 Å². The van der Waals surface area contributed by atoms with Crippen molar-refractivity contribution in [1.29, 1.82) is 0 Å². The second-order valence-corrected chi connectivity index (χ2v) is 7.25. The molecule has 1 heterocycles. The highest BCUT2D eigenvalue weighted by atomic mass is 35.5. The summed E-state index contributed by atoms with van der Waals surface area (Å²) in [5, 5.41) is 7.67. The number of rotatable bonds is 6. The number of likely N-dealkylation sites (N-methyl/N-ethyl adjacent to an activating group) is 1. The zero-order chi connectivity index (χ0) is 17.9. The molecule has 0 radical (unpaired) electrons. The Bertz CT molecular complexity index is 751. The van der Waals surface area contributed by atoms with Crippen molar-refractivity contribution in [2.24, 2.45) is 5.92 Å². The minimum atomic E-state index is 0.0101. The maximum absolute atomic E-state index is 12.6. The molecule has 1 atom stereocenters. The first-order valence-corrected chi connectivity index (χ1v) is 8.75. The van der Waals surface area contributed by atoms with Crippen molar-refractivity contribution in [1.82, 2.24) is 19.7 Å².